The molecule has 6 heteroatoms. The molecule has 0 amide bonds. The zero-order valence-corrected chi connectivity index (χ0v) is 37.9. The molecule has 0 saturated heterocycles. The van der Waals surface area contributed by atoms with Crippen molar-refractivity contribution >= 4 is 7.75 Å². The van der Waals surface area contributed by atoms with Gasteiger partial charge in [0.2, 0.25) is 0 Å². The summed E-state index contributed by atoms with van der Waals surface area (Å²) < 4.78 is 27.0. The van der Waals surface area contributed by atoms with E-state index in [1.807, 2.05) is 0 Å². The number of hydrogen-bond donors (Lipinski definition) is 2. The van der Waals surface area contributed by atoms with Gasteiger partial charge in [-0.2, -0.15) is 0 Å². The molecule has 0 aliphatic heterocycles. The van der Waals surface area contributed by atoms with Gasteiger partial charge in [-0.1, -0.05) is 222 Å². The molecule has 5 nitrogen and oxygen atoms in total. The van der Waals surface area contributed by atoms with Crippen molar-refractivity contribution in [3.8, 4) is 0 Å². The molecular weight excluding hydrogens is 659 g/mol. The first-order valence-corrected chi connectivity index (χ1v) is 25.4. The van der Waals surface area contributed by atoms with Crippen LogP contribution in [0.15, 0.2) is 0 Å². The van der Waals surface area contributed by atoms with E-state index in [4.69, 9.17) is 9.05 Å². The highest BCUT2D eigenvalue weighted by molar-refractivity contribution is 7.51. The molecule has 2 N–H and O–H groups in total. The van der Waals surface area contributed by atoms with Crippen molar-refractivity contribution in [1.82, 2.24) is 10.4 Å². The quantitative estimate of drug-likeness (QED) is 0.0479. The fourth-order valence-electron chi connectivity index (χ4n) is 6.89. The Morgan fingerprint density at radius 1 is 0.365 bits per heavy atom. The molecule has 2 atom stereocenters. The van der Waals surface area contributed by atoms with Crippen molar-refractivity contribution in [2.45, 2.75) is 254 Å². The highest BCUT2D eigenvalue weighted by Crippen LogP contribution is 2.45. The maximum Gasteiger partial charge on any atom is 0.405 e. The standard InChI is InChI=1S/C40H85N2O3P.C6H14/c1-6-11-16-21-23-27-32-39(30-25-18-13-8-3)37-44-46(43,42-36-35-41-34-29-20-15-10-5)45-38-40(31-26-19-14-9-4)33-28-24-22-17-12-7-2;1-3-5-6-4-2/h39-41H,6-38H2,1-5H3,(H,42,43);3-6H2,1-2H3. The summed E-state index contributed by atoms with van der Waals surface area (Å²) in [5.41, 5.74) is 0. The zero-order chi connectivity index (χ0) is 38.6. The molecule has 2 unspecified atom stereocenters. The van der Waals surface area contributed by atoms with Gasteiger partial charge < -0.3 is 5.32 Å². The van der Waals surface area contributed by atoms with E-state index in [1.54, 1.807) is 0 Å². The Labute approximate surface area is 329 Å². The van der Waals surface area contributed by atoms with Gasteiger partial charge in [-0.25, -0.2) is 9.65 Å². The van der Waals surface area contributed by atoms with Crippen LogP contribution in [-0.2, 0) is 13.6 Å². The Morgan fingerprint density at radius 3 is 1.02 bits per heavy atom. The number of rotatable bonds is 42. The van der Waals surface area contributed by atoms with E-state index in [0.29, 0.717) is 31.6 Å². The predicted molar refractivity (Wildman–Crippen MR) is 235 cm³/mol. The van der Waals surface area contributed by atoms with Gasteiger partial charge in [0.05, 0.1) is 13.2 Å². The zero-order valence-electron chi connectivity index (χ0n) is 37.0. The largest absolute Gasteiger partial charge is 0.405 e. The van der Waals surface area contributed by atoms with Gasteiger partial charge in [0, 0.05) is 13.1 Å². The summed E-state index contributed by atoms with van der Waals surface area (Å²) in [6, 6.07) is 0. The number of hydrogen-bond acceptors (Lipinski definition) is 4. The molecule has 0 aliphatic rings. The summed E-state index contributed by atoms with van der Waals surface area (Å²) in [6.07, 6.45) is 41.3. The predicted octanol–water partition coefficient (Wildman–Crippen LogP) is 16.1. The van der Waals surface area contributed by atoms with E-state index in [9.17, 15) is 4.57 Å². The van der Waals surface area contributed by atoms with Crippen LogP contribution in [0.5, 0.6) is 0 Å². The van der Waals surface area contributed by atoms with Gasteiger partial charge >= 0.3 is 7.75 Å². The molecule has 0 aliphatic carbocycles. The van der Waals surface area contributed by atoms with Crippen LogP contribution in [0.2, 0.25) is 0 Å². The van der Waals surface area contributed by atoms with Gasteiger partial charge in [0.1, 0.15) is 0 Å². The molecule has 0 fully saturated rings. The van der Waals surface area contributed by atoms with Gasteiger partial charge in [-0.3, -0.25) is 9.05 Å². The average molecular weight is 759 g/mol. The topological polar surface area (TPSA) is 59.6 Å². The first-order chi connectivity index (χ1) is 25.5. The Kier molecular flexibility index (Phi) is 47.4. The smallest absolute Gasteiger partial charge is 0.315 e. The summed E-state index contributed by atoms with van der Waals surface area (Å²) >= 11 is 0. The Morgan fingerprint density at radius 2 is 0.654 bits per heavy atom. The molecule has 0 saturated carbocycles. The normalized spacial score (nSPS) is 13.8. The van der Waals surface area contributed by atoms with Crippen molar-refractivity contribution in [3.05, 3.63) is 0 Å². The molecule has 0 rings (SSSR count). The van der Waals surface area contributed by atoms with Crippen molar-refractivity contribution in [1.29, 1.82) is 0 Å². The van der Waals surface area contributed by atoms with Gasteiger partial charge in [0.15, 0.2) is 0 Å². The summed E-state index contributed by atoms with van der Waals surface area (Å²) in [5, 5.41) is 6.82. The monoisotopic (exact) mass is 759 g/mol. The second kappa shape index (κ2) is 45.5. The van der Waals surface area contributed by atoms with Crippen LogP contribution < -0.4 is 10.4 Å². The van der Waals surface area contributed by atoms with Crippen LogP contribution in [0.1, 0.15) is 254 Å². The molecule has 0 bridgehead atoms. The summed E-state index contributed by atoms with van der Waals surface area (Å²) in [6.45, 7) is 19.4. The third kappa shape index (κ3) is 41.2. The maximum atomic E-state index is 14.3. The van der Waals surface area contributed by atoms with E-state index in [1.165, 1.54) is 205 Å². The fraction of sp³-hybridized carbons (Fsp3) is 1.00. The van der Waals surface area contributed by atoms with Gasteiger partial charge in [-0.05, 0) is 50.5 Å². The Hall–Kier alpha value is 0.0700. The van der Waals surface area contributed by atoms with Crippen LogP contribution in [0.3, 0.4) is 0 Å². The first-order valence-electron chi connectivity index (χ1n) is 23.8. The lowest BCUT2D eigenvalue weighted by atomic mass is 9.95. The molecule has 0 aromatic rings. The van der Waals surface area contributed by atoms with Gasteiger partial charge in [0.25, 0.3) is 0 Å². The lowest BCUT2D eigenvalue weighted by Crippen LogP contribution is -2.28. The molecular formula is C46H99N2O3P. The number of unbranched alkanes of at least 4 members (excludes halogenated alkanes) is 22. The van der Waals surface area contributed by atoms with Crippen molar-refractivity contribution in [2.24, 2.45) is 11.8 Å². The summed E-state index contributed by atoms with van der Waals surface area (Å²) in [4.78, 5) is 0. The molecule has 0 aromatic carbocycles. The molecule has 52 heavy (non-hydrogen) atoms. The van der Waals surface area contributed by atoms with Gasteiger partial charge in [-0.15, -0.1) is 0 Å². The molecule has 316 valence electrons. The van der Waals surface area contributed by atoms with E-state index in [0.717, 1.165) is 13.1 Å². The minimum Gasteiger partial charge on any atom is -0.315 e. The maximum absolute atomic E-state index is 14.3. The van der Waals surface area contributed by atoms with Crippen molar-refractivity contribution < 1.29 is 13.6 Å². The van der Waals surface area contributed by atoms with Crippen LogP contribution in [0.4, 0.5) is 0 Å². The summed E-state index contributed by atoms with van der Waals surface area (Å²) in [7, 11) is -3.38. The lowest BCUT2D eigenvalue weighted by molar-refractivity contribution is 0.140. The molecule has 0 heterocycles. The van der Waals surface area contributed by atoms with Crippen molar-refractivity contribution in [2.75, 3.05) is 32.8 Å². The Balaban J connectivity index is 0. The summed E-state index contributed by atoms with van der Waals surface area (Å²) in [5.74, 6) is 0.929. The average Bonchev–Trinajstić information content (AvgIpc) is 3.15. The molecule has 0 spiro atoms. The van der Waals surface area contributed by atoms with Crippen LogP contribution in [-0.4, -0.2) is 32.8 Å². The SMILES string of the molecule is CCCCCC.CCCCCCCCC(CCCCCC)COP(=O)(NCCNCCCCCC)OCC(CCCCCC)CCCCCCCC. The van der Waals surface area contributed by atoms with E-state index < -0.39 is 7.75 Å². The van der Waals surface area contributed by atoms with E-state index in [-0.39, 0.29) is 0 Å². The third-order valence-electron chi connectivity index (χ3n) is 10.6. The second-order valence-corrected chi connectivity index (χ2v) is 17.9. The highest BCUT2D eigenvalue weighted by Gasteiger charge is 2.27. The van der Waals surface area contributed by atoms with E-state index in [2.05, 4.69) is 58.9 Å². The fourth-order valence-corrected chi connectivity index (χ4v) is 8.34. The Bertz CT molecular complexity index is 651. The lowest BCUT2D eigenvalue weighted by Gasteiger charge is -2.25. The third-order valence-corrected chi connectivity index (χ3v) is 12.2. The minimum atomic E-state index is -3.38. The van der Waals surface area contributed by atoms with Crippen LogP contribution in [0, 0.1) is 11.8 Å². The van der Waals surface area contributed by atoms with Crippen molar-refractivity contribution in [3.63, 3.8) is 0 Å². The van der Waals surface area contributed by atoms with E-state index >= 15 is 0 Å². The number of nitrogens with one attached hydrogen (secondary N) is 2. The highest BCUT2D eigenvalue weighted by atomic mass is 31.2. The van der Waals surface area contributed by atoms with Crippen LogP contribution >= 0.6 is 7.75 Å². The molecule has 0 aromatic heterocycles. The minimum absolute atomic E-state index is 0.464. The molecule has 0 radical (unpaired) electrons. The van der Waals surface area contributed by atoms with Crippen LogP contribution in [0.25, 0.3) is 0 Å². The second-order valence-electron chi connectivity index (χ2n) is 16.1. The first kappa shape index (κ1) is 54.2.